The van der Waals surface area contributed by atoms with Gasteiger partial charge in [-0.15, -0.1) is 0 Å². The lowest BCUT2D eigenvalue weighted by Crippen LogP contribution is -2.01. The summed E-state index contributed by atoms with van der Waals surface area (Å²) in [5.41, 5.74) is 9.12. The van der Waals surface area contributed by atoms with Crippen LogP contribution in [0.25, 0.3) is 11.1 Å². The Kier molecular flexibility index (Phi) is 9.71. The fourth-order valence-corrected chi connectivity index (χ4v) is 6.09. The van der Waals surface area contributed by atoms with E-state index < -0.39 is 0 Å². The summed E-state index contributed by atoms with van der Waals surface area (Å²) in [4.78, 5) is 0. The third-order valence-corrected chi connectivity index (χ3v) is 8.20. The Morgan fingerprint density at radius 1 is 0.742 bits per heavy atom. The van der Waals surface area contributed by atoms with Crippen molar-refractivity contribution in [2.45, 2.75) is 98.3 Å². The maximum Gasteiger partial charge on any atom is 0.0242 e. The normalized spacial score (nSPS) is 12.6. The SMILES string of the molecule is CC(C)CCCCCc1cc2c(c(CCCCCC(C)C)c1Br)Cc1cc(Br)ccc1-2. The topological polar surface area (TPSA) is 0 Å². The van der Waals surface area contributed by atoms with Gasteiger partial charge in [0, 0.05) is 8.95 Å². The number of aryl methyl sites for hydroxylation is 1. The van der Waals surface area contributed by atoms with Crippen LogP contribution in [0.1, 0.15) is 101 Å². The fraction of sp³-hybridized carbons (Fsp3) is 0.586. The zero-order valence-corrected chi connectivity index (χ0v) is 23.2. The second-order valence-electron chi connectivity index (χ2n) is 10.3. The van der Waals surface area contributed by atoms with Gasteiger partial charge >= 0.3 is 0 Å². The van der Waals surface area contributed by atoms with Gasteiger partial charge in [-0.1, -0.05) is 104 Å². The minimum absolute atomic E-state index is 0.822. The summed E-state index contributed by atoms with van der Waals surface area (Å²) in [5.74, 6) is 1.65. The van der Waals surface area contributed by atoms with Gasteiger partial charge in [-0.25, -0.2) is 0 Å². The molecule has 1 aliphatic rings. The minimum atomic E-state index is 0.822. The van der Waals surface area contributed by atoms with Crippen LogP contribution in [0, 0.1) is 11.8 Å². The molecular formula is C29H40Br2. The summed E-state index contributed by atoms with van der Waals surface area (Å²) < 4.78 is 2.60. The molecule has 0 bridgehead atoms. The van der Waals surface area contributed by atoms with E-state index in [0.29, 0.717) is 0 Å². The van der Waals surface area contributed by atoms with Gasteiger partial charge in [-0.05, 0) is 95.5 Å². The first kappa shape index (κ1) is 25.0. The van der Waals surface area contributed by atoms with Crippen molar-refractivity contribution in [3.8, 4) is 11.1 Å². The first-order valence-corrected chi connectivity index (χ1v) is 14.1. The Morgan fingerprint density at radius 3 is 2.03 bits per heavy atom. The molecule has 2 heteroatoms. The Labute approximate surface area is 207 Å². The molecule has 170 valence electrons. The number of halogens is 2. The van der Waals surface area contributed by atoms with Crippen molar-refractivity contribution in [1.82, 2.24) is 0 Å². The van der Waals surface area contributed by atoms with Crippen LogP contribution in [0.4, 0.5) is 0 Å². The number of hydrogen-bond donors (Lipinski definition) is 0. The summed E-state index contributed by atoms with van der Waals surface area (Å²) in [7, 11) is 0. The molecule has 0 fully saturated rings. The zero-order valence-electron chi connectivity index (χ0n) is 20.0. The van der Waals surface area contributed by atoms with Crippen LogP contribution in [0.5, 0.6) is 0 Å². The molecule has 0 atom stereocenters. The average molecular weight is 548 g/mol. The van der Waals surface area contributed by atoms with Gasteiger partial charge in [-0.2, -0.15) is 0 Å². The van der Waals surface area contributed by atoms with E-state index in [2.05, 4.69) is 83.8 Å². The Hall–Kier alpha value is -0.600. The third kappa shape index (κ3) is 6.94. The van der Waals surface area contributed by atoms with Crippen LogP contribution < -0.4 is 0 Å². The predicted octanol–water partition coefficient (Wildman–Crippen LogP) is 10.3. The smallest absolute Gasteiger partial charge is 0.0242 e. The second kappa shape index (κ2) is 12.0. The highest BCUT2D eigenvalue weighted by atomic mass is 79.9. The number of benzene rings is 2. The number of hydrogen-bond acceptors (Lipinski definition) is 0. The Bertz CT molecular complexity index is 864. The molecule has 31 heavy (non-hydrogen) atoms. The molecule has 0 nitrogen and oxygen atoms in total. The molecule has 0 saturated heterocycles. The van der Waals surface area contributed by atoms with Crippen LogP contribution in [0.15, 0.2) is 33.2 Å². The molecule has 2 aromatic carbocycles. The van der Waals surface area contributed by atoms with Crippen LogP contribution in [0.3, 0.4) is 0 Å². The van der Waals surface area contributed by atoms with Gasteiger partial charge in [-0.3, -0.25) is 0 Å². The van der Waals surface area contributed by atoms with Crippen molar-refractivity contribution in [3.05, 3.63) is 55.5 Å². The predicted molar refractivity (Wildman–Crippen MR) is 144 cm³/mol. The molecule has 0 unspecified atom stereocenters. The lowest BCUT2D eigenvalue weighted by Gasteiger charge is -2.17. The molecule has 0 aromatic heterocycles. The lowest BCUT2D eigenvalue weighted by atomic mass is 9.92. The van der Waals surface area contributed by atoms with Crippen molar-refractivity contribution in [2.24, 2.45) is 11.8 Å². The summed E-state index contributed by atoms with van der Waals surface area (Å²) in [6.45, 7) is 9.34. The molecule has 1 aliphatic carbocycles. The van der Waals surface area contributed by atoms with Crippen molar-refractivity contribution < 1.29 is 0 Å². The van der Waals surface area contributed by atoms with Gasteiger partial charge < -0.3 is 0 Å². The van der Waals surface area contributed by atoms with Crippen LogP contribution in [-0.2, 0) is 19.3 Å². The molecule has 0 heterocycles. The van der Waals surface area contributed by atoms with Crippen molar-refractivity contribution in [2.75, 3.05) is 0 Å². The van der Waals surface area contributed by atoms with E-state index >= 15 is 0 Å². The standard InChI is InChI=1S/C29H40Br2/c1-20(2)11-7-5-9-13-22-18-27-25-16-15-24(30)17-23(25)19-28(27)26(29(22)31)14-10-6-8-12-21(3)4/h15-18,20-21H,5-14,19H2,1-4H3. The first-order valence-electron chi connectivity index (χ1n) is 12.5. The van der Waals surface area contributed by atoms with Crippen LogP contribution >= 0.6 is 31.9 Å². The quantitative estimate of drug-likeness (QED) is 0.198. The molecule has 0 amide bonds. The van der Waals surface area contributed by atoms with Gasteiger partial charge in [0.2, 0.25) is 0 Å². The molecule has 2 aromatic rings. The first-order chi connectivity index (χ1) is 14.9. The van der Waals surface area contributed by atoms with E-state index in [1.54, 1.807) is 11.1 Å². The molecule has 3 rings (SSSR count). The van der Waals surface area contributed by atoms with Gasteiger partial charge in [0.1, 0.15) is 0 Å². The van der Waals surface area contributed by atoms with Crippen molar-refractivity contribution in [3.63, 3.8) is 0 Å². The Morgan fingerprint density at radius 2 is 1.39 bits per heavy atom. The summed E-state index contributed by atoms with van der Waals surface area (Å²) in [6, 6.07) is 9.34. The molecule has 0 saturated carbocycles. The van der Waals surface area contributed by atoms with Gasteiger partial charge in [0.05, 0.1) is 0 Å². The van der Waals surface area contributed by atoms with E-state index in [1.807, 2.05) is 0 Å². The highest BCUT2D eigenvalue weighted by Crippen LogP contribution is 2.44. The number of rotatable bonds is 12. The summed E-state index contributed by atoms with van der Waals surface area (Å²) in [5, 5.41) is 0. The number of fused-ring (bicyclic) bond motifs is 3. The van der Waals surface area contributed by atoms with Crippen LogP contribution in [0.2, 0.25) is 0 Å². The molecule has 0 radical (unpaired) electrons. The monoisotopic (exact) mass is 546 g/mol. The second-order valence-corrected chi connectivity index (χ2v) is 12.0. The summed E-state index contributed by atoms with van der Waals surface area (Å²) in [6.07, 6.45) is 14.2. The van der Waals surface area contributed by atoms with Crippen molar-refractivity contribution >= 4 is 31.9 Å². The zero-order chi connectivity index (χ0) is 22.4. The van der Waals surface area contributed by atoms with E-state index in [1.165, 1.54) is 95.4 Å². The van der Waals surface area contributed by atoms with E-state index in [9.17, 15) is 0 Å². The largest absolute Gasteiger partial charge is 0.0628 e. The van der Waals surface area contributed by atoms with Gasteiger partial charge in [0.25, 0.3) is 0 Å². The molecule has 0 spiro atoms. The maximum atomic E-state index is 4.07. The maximum absolute atomic E-state index is 4.07. The molecule has 0 aliphatic heterocycles. The summed E-state index contributed by atoms with van der Waals surface area (Å²) >= 11 is 7.75. The van der Waals surface area contributed by atoms with Crippen LogP contribution in [-0.4, -0.2) is 0 Å². The fourth-order valence-electron chi connectivity index (χ4n) is 4.94. The van der Waals surface area contributed by atoms with E-state index in [4.69, 9.17) is 0 Å². The average Bonchev–Trinajstić information content (AvgIpc) is 3.06. The van der Waals surface area contributed by atoms with Gasteiger partial charge in [0.15, 0.2) is 0 Å². The lowest BCUT2D eigenvalue weighted by molar-refractivity contribution is 0.525. The highest BCUT2D eigenvalue weighted by molar-refractivity contribution is 9.10. The van der Waals surface area contributed by atoms with Crippen molar-refractivity contribution in [1.29, 1.82) is 0 Å². The third-order valence-electron chi connectivity index (χ3n) is 6.72. The Balaban J connectivity index is 1.78. The number of unbranched alkanes of at least 4 members (excludes halogenated alkanes) is 4. The molecular weight excluding hydrogens is 508 g/mol. The highest BCUT2D eigenvalue weighted by Gasteiger charge is 2.24. The van der Waals surface area contributed by atoms with E-state index in [-0.39, 0.29) is 0 Å². The minimum Gasteiger partial charge on any atom is -0.0628 e. The van der Waals surface area contributed by atoms with E-state index in [0.717, 1.165) is 18.3 Å². The molecule has 0 N–H and O–H groups in total.